The van der Waals surface area contributed by atoms with Gasteiger partial charge in [-0.1, -0.05) is 0 Å². The van der Waals surface area contributed by atoms with Gasteiger partial charge in [-0.15, -0.1) is 3.89 Å². The Morgan fingerprint density at radius 3 is 2.55 bits per heavy atom. The number of carbonyl (C=O) groups is 1. The van der Waals surface area contributed by atoms with Crippen molar-refractivity contribution in [2.75, 3.05) is 37.5 Å². The highest BCUT2D eigenvalue weighted by Crippen LogP contribution is 2.27. The number of benzene rings is 1. The van der Waals surface area contributed by atoms with E-state index in [2.05, 4.69) is 0 Å². The average molecular weight is 331 g/mol. The molecule has 0 aliphatic carbocycles. The minimum atomic E-state index is -4.57. The van der Waals surface area contributed by atoms with E-state index in [4.69, 9.17) is 9.47 Å². The molecule has 1 unspecified atom stereocenters. The van der Waals surface area contributed by atoms with Crippen molar-refractivity contribution in [3.05, 3.63) is 24.3 Å². The minimum Gasteiger partial charge on any atom is -0.491 e. The summed E-state index contributed by atoms with van der Waals surface area (Å²) in [5, 5.41) is 0. The van der Waals surface area contributed by atoms with Crippen molar-refractivity contribution in [2.45, 2.75) is 6.42 Å². The maximum Gasteiger partial charge on any atom is 0.302 e. The fourth-order valence-electron chi connectivity index (χ4n) is 2.39. The van der Waals surface area contributed by atoms with Gasteiger partial charge >= 0.3 is 10.2 Å². The number of hydrogen-bond acceptors (Lipinski definition) is 5. The second-order valence-electron chi connectivity index (χ2n) is 5.12. The first-order chi connectivity index (χ1) is 10.4. The molecule has 1 amide bonds. The highest BCUT2D eigenvalue weighted by atomic mass is 32.3. The molecule has 6 nitrogen and oxygen atoms in total. The zero-order valence-corrected chi connectivity index (χ0v) is 13.0. The van der Waals surface area contributed by atoms with E-state index in [0.29, 0.717) is 24.7 Å². The van der Waals surface area contributed by atoms with E-state index in [-0.39, 0.29) is 18.9 Å². The van der Waals surface area contributed by atoms with Crippen molar-refractivity contribution in [3.8, 4) is 5.75 Å². The van der Waals surface area contributed by atoms with E-state index in [1.165, 1.54) is 4.90 Å². The molecular weight excluding hydrogens is 313 g/mol. The Kier molecular flexibility index (Phi) is 5.36. The molecule has 1 aromatic rings. The summed E-state index contributed by atoms with van der Waals surface area (Å²) in [7, 11) is -2.98. The van der Waals surface area contributed by atoms with Gasteiger partial charge in [0.1, 0.15) is 12.4 Å². The smallest absolute Gasteiger partial charge is 0.302 e. The van der Waals surface area contributed by atoms with Gasteiger partial charge in [-0.2, -0.15) is 8.42 Å². The molecule has 1 heterocycles. The molecule has 0 radical (unpaired) electrons. The lowest BCUT2D eigenvalue weighted by Gasteiger charge is -2.17. The van der Waals surface area contributed by atoms with Crippen LogP contribution in [0.5, 0.6) is 5.75 Å². The third-order valence-corrected chi connectivity index (χ3v) is 4.21. The molecule has 0 bridgehead atoms. The monoisotopic (exact) mass is 331 g/mol. The van der Waals surface area contributed by atoms with E-state index in [0.717, 1.165) is 0 Å². The van der Waals surface area contributed by atoms with Gasteiger partial charge in [-0.25, -0.2) is 0 Å². The Morgan fingerprint density at radius 1 is 1.27 bits per heavy atom. The molecule has 2 rings (SSSR count). The van der Waals surface area contributed by atoms with E-state index in [1.54, 1.807) is 31.4 Å². The summed E-state index contributed by atoms with van der Waals surface area (Å²) in [5.41, 5.74) is 0.642. The van der Waals surface area contributed by atoms with Gasteiger partial charge in [-0.3, -0.25) is 4.79 Å². The summed E-state index contributed by atoms with van der Waals surface area (Å²) in [4.78, 5) is 13.4. The van der Waals surface area contributed by atoms with Crippen molar-refractivity contribution in [2.24, 2.45) is 5.92 Å². The van der Waals surface area contributed by atoms with Crippen LogP contribution >= 0.6 is 0 Å². The van der Waals surface area contributed by atoms with Crippen LogP contribution in [0.25, 0.3) is 0 Å². The van der Waals surface area contributed by atoms with Crippen LogP contribution in [0.3, 0.4) is 0 Å². The number of amides is 1. The summed E-state index contributed by atoms with van der Waals surface area (Å²) in [5.74, 6) is -0.690. The van der Waals surface area contributed by atoms with Crippen LogP contribution in [-0.4, -0.2) is 46.9 Å². The molecule has 8 heteroatoms. The molecule has 0 aromatic heterocycles. The standard InChI is InChI=1S/C14H18FNO5S/c1-20-6-7-21-13-4-2-12(3-5-13)16-9-11(8-14(16)17)10-22(15,18)19/h2-5,11H,6-10H2,1H3. The largest absolute Gasteiger partial charge is 0.491 e. The predicted octanol–water partition coefficient (Wildman–Crippen LogP) is 1.36. The number of ether oxygens (including phenoxy) is 2. The summed E-state index contributed by atoms with van der Waals surface area (Å²) in [6.07, 6.45) is 0.0369. The zero-order valence-electron chi connectivity index (χ0n) is 12.2. The zero-order chi connectivity index (χ0) is 16.2. The van der Waals surface area contributed by atoms with Crippen molar-refractivity contribution in [3.63, 3.8) is 0 Å². The first kappa shape index (κ1) is 16.7. The molecule has 1 aliphatic heterocycles. The molecule has 1 aromatic carbocycles. The van der Waals surface area contributed by atoms with Gasteiger partial charge in [0, 0.05) is 31.7 Å². The molecule has 0 N–H and O–H groups in total. The Hall–Kier alpha value is -1.67. The highest BCUT2D eigenvalue weighted by Gasteiger charge is 2.33. The third kappa shape index (κ3) is 4.67. The first-order valence-corrected chi connectivity index (χ1v) is 8.39. The number of hydrogen-bond donors (Lipinski definition) is 0. The molecule has 0 spiro atoms. The van der Waals surface area contributed by atoms with Crippen LogP contribution in [0.15, 0.2) is 24.3 Å². The second-order valence-corrected chi connectivity index (χ2v) is 6.53. The molecule has 1 aliphatic rings. The van der Waals surface area contributed by atoms with Gasteiger partial charge in [-0.05, 0) is 24.3 Å². The van der Waals surface area contributed by atoms with E-state index in [9.17, 15) is 17.1 Å². The molecular formula is C14H18FNO5S. The lowest BCUT2D eigenvalue weighted by molar-refractivity contribution is -0.117. The Labute approximate surface area is 129 Å². The number of rotatable bonds is 7. The molecule has 1 saturated heterocycles. The minimum absolute atomic E-state index is 0.0369. The lowest BCUT2D eigenvalue weighted by Crippen LogP contribution is -2.25. The fraction of sp³-hybridized carbons (Fsp3) is 0.500. The summed E-state index contributed by atoms with van der Waals surface area (Å²) < 4.78 is 44.4. The van der Waals surface area contributed by atoms with Gasteiger partial charge in [0.05, 0.1) is 12.4 Å². The number of anilines is 1. The van der Waals surface area contributed by atoms with E-state index >= 15 is 0 Å². The highest BCUT2D eigenvalue weighted by molar-refractivity contribution is 7.86. The Bertz CT molecular complexity index is 617. The van der Waals surface area contributed by atoms with Crippen LogP contribution < -0.4 is 9.64 Å². The van der Waals surface area contributed by atoms with Crippen LogP contribution in [0.4, 0.5) is 9.57 Å². The summed E-state index contributed by atoms with van der Waals surface area (Å²) in [6, 6.07) is 6.87. The first-order valence-electron chi connectivity index (χ1n) is 6.83. The fourth-order valence-corrected chi connectivity index (χ4v) is 3.18. The third-order valence-electron chi connectivity index (χ3n) is 3.34. The normalized spacial score (nSPS) is 18.7. The summed E-state index contributed by atoms with van der Waals surface area (Å²) in [6.45, 7) is 1.10. The Balaban J connectivity index is 1.98. The van der Waals surface area contributed by atoms with Crippen molar-refractivity contribution >= 4 is 21.8 Å². The van der Waals surface area contributed by atoms with Crippen LogP contribution in [0.2, 0.25) is 0 Å². The SMILES string of the molecule is COCCOc1ccc(N2CC(CS(=O)(=O)F)CC2=O)cc1. The Morgan fingerprint density at radius 2 is 1.95 bits per heavy atom. The predicted molar refractivity (Wildman–Crippen MR) is 79.2 cm³/mol. The van der Waals surface area contributed by atoms with Crippen LogP contribution in [0.1, 0.15) is 6.42 Å². The molecule has 122 valence electrons. The van der Waals surface area contributed by atoms with Gasteiger partial charge in [0.15, 0.2) is 0 Å². The number of methoxy groups -OCH3 is 1. The van der Waals surface area contributed by atoms with E-state index < -0.39 is 21.9 Å². The quantitative estimate of drug-likeness (QED) is 0.557. The van der Waals surface area contributed by atoms with Crippen LogP contribution in [0, 0.1) is 5.92 Å². The molecule has 0 saturated carbocycles. The lowest BCUT2D eigenvalue weighted by atomic mass is 10.1. The van der Waals surface area contributed by atoms with Gasteiger partial charge < -0.3 is 14.4 Å². The molecule has 22 heavy (non-hydrogen) atoms. The number of halogens is 1. The van der Waals surface area contributed by atoms with Crippen molar-refractivity contribution in [1.82, 2.24) is 0 Å². The number of nitrogens with zero attached hydrogens (tertiary/aromatic N) is 1. The van der Waals surface area contributed by atoms with E-state index in [1.807, 2.05) is 0 Å². The molecule has 1 atom stereocenters. The average Bonchev–Trinajstić information content (AvgIpc) is 2.78. The topological polar surface area (TPSA) is 72.9 Å². The molecule has 1 fully saturated rings. The maximum absolute atomic E-state index is 12.7. The summed E-state index contributed by atoms with van der Waals surface area (Å²) >= 11 is 0. The second kappa shape index (κ2) is 7.06. The maximum atomic E-state index is 12.7. The number of carbonyl (C=O) groups excluding carboxylic acids is 1. The van der Waals surface area contributed by atoms with Crippen molar-refractivity contribution in [1.29, 1.82) is 0 Å². The van der Waals surface area contributed by atoms with Crippen LogP contribution in [-0.2, 0) is 19.8 Å². The van der Waals surface area contributed by atoms with Gasteiger partial charge in [0.25, 0.3) is 0 Å². The van der Waals surface area contributed by atoms with Gasteiger partial charge in [0.2, 0.25) is 5.91 Å². The van der Waals surface area contributed by atoms with Crippen molar-refractivity contribution < 1.29 is 26.6 Å².